The molecule has 7 nitrogen and oxygen atoms in total. The zero-order chi connectivity index (χ0) is 15.5. The molecule has 0 fully saturated rings. The molecule has 0 heterocycles. The lowest BCUT2D eigenvalue weighted by molar-refractivity contribution is -0.136. The van der Waals surface area contributed by atoms with Gasteiger partial charge in [0.1, 0.15) is 18.3 Å². The minimum atomic E-state index is -1.64. The van der Waals surface area contributed by atoms with Crippen LogP contribution in [0.1, 0.15) is 5.56 Å². The number of carbonyl (C=O) groups excluding carboxylic acids is 1. The molecule has 0 amide bonds. The van der Waals surface area contributed by atoms with Crippen molar-refractivity contribution in [3.8, 4) is 0 Å². The summed E-state index contributed by atoms with van der Waals surface area (Å²) in [7, 11) is 0. The van der Waals surface area contributed by atoms with Crippen LogP contribution < -0.4 is 0 Å². The first-order valence-corrected chi connectivity index (χ1v) is 5.78. The first-order chi connectivity index (χ1) is 9.42. The summed E-state index contributed by atoms with van der Waals surface area (Å²) in [6, 6.07) is 9.13. The number of aldehydes is 1. The number of benzene rings is 1. The van der Waals surface area contributed by atoms with E-state index in [1.165, 1.54) is 0 Å². The van der Waals surface area contributed by atoms with Gasteiger partial charge in [0.2, 0.25) is 0 Å². The highest BCUT2D eigenvalue weighted by Crippen LogP contribution is 1.98. The molecule has 3 unspecified atom stereocenters. The fourth-order valence-corrected chi connectivity index (χ4v) is 1.19. The summed E-state index contributed by atoms with van der Waals surface area (Å²) in [6.45, 7) is -0.688. The van der Waals surface area contributed by atoms with E-state index in [9.17, 15) is 9.59 Å². The third-order valence-electron chi connectivity index (χ3n) is 2.27. The molecule has 0 saturated carbocycles. The standard InChI is InChI=1S/C8H8O2.C5H10O5/c9-8(10)6-7-4-2-1-3-5-7;6-1-3(8)5(10)4(9)2-7/h1-5H,6H2,(H,9,10);1,3-5,7-10H,2H2. The Bertz CT molecular complexity index is 393. The Morgan fingerprint density at radius 3 is 2.10 bits per heavy atom. The summed E-state index contributed by atoms with van der Waals surface area (Å²) < 4.78 is 0. The highest BCUT2D eigenvalue weighted by atomic mass is 16.4. The molecular formula is C13H18O7. The van der Waals surface area contributed by atoms with Gasteiger partial charge in [0.05, 0.1) is 13.0 Å². The van der Waals surface area contributed by atoms with Crippen molar-refractivity contribution in [1.29, 1.82) is 0 Å². The zero-order valence-electron chi connectivity index (χ0n) is 10.7. The van der Waals surface area contributed by atoms with Crippen molar-refractivity contribution in [3.63, 3.8) is 0 Å². The predicted molar refractivity (Wildman–Crippen MR) is 69.0 cm³/mol. The average molecular weight is 286 g/mol. The topological polar surface area (TPSA) is 135 Å². The van der Waals surface area contributed by atoms with E-state index in [2.05, 4.69) is 0 Å². The Hall–Kier alpha value is -1.80. The Labute approximate surface area is 115 Å². The first-order valence-electron chi connectivity index (χ1n) is 5.78. The second-order valence-corrected chi connectivity index (χ2v) is 3.92. The normalized spacial score (nSPS) is 14.4. The van der Waals surface area contributed by atoms with Crippen LogP contribution in [0.2, 0.25) is 0 Å². The molecule has 1 rings (SSSR count). The summed E-state index contributed by atoms with van der Waals surface area (Å²) in [5.41, 5.74) is 0.843. The van der Waals surface area contributed by atoms with Crippen LogP contribution in [-0.2, 0) is 16.0 Å². The van der Waals surface area contributed by atoms with E-state index >= 15 is 0 Å². The number of hydrogen-bond donors (Lipinski definition) is 5. The van der Waals surface area contributed by atoms with Gasteiger partial charge < -0.3 is 30.3 Å². The first kappa shape index (κ1) is 18.2. The van der Waals surface area contributed by atoms with Crippen LogP contribution in [0.4, 0.5) is 0 Å². The van der Waals surface area contributed by atoms with E-state index in [4.69, 9.17) is 25.5 Å². The van der Waals surface area contributed by atoms with Gasteiger partial charge in [0.15, 0.2) is 6.29 Å². The quantitative estimate of drug-likeness (QED) is 0.405. The summed E-state index contributed by atoms with van der Waals surface area (Å²) in [5.74, 6) is -0.786. The maximum absolute atomic E-state index is 10.2. The molecule has 0 aliphatic rings. The van der Waals surface area contributed by atoms with E-state index < -0.39 is 30.9 Å². The fourth-order valence-electron chi connectivity index (χ4n) is 1.19. The molecule has 1 aromatic carbocycles. The maximum Gasteiger partial charge on any atom is 0.307 e. The van der Waals surface area contributed by atoms with Crippen LogP contribution in [0.25, 0.3) is 0 Å². The van der Waals surface area contributed by atoms with Gasteiger partial charge in [-0.1, -0.05) is 30.3 Å². The highest BCUT2D eigenvalue weighted by molar-refractivity contribution is 5.70. The van der Waals surface area contributed by atoms with Crippen molar-refractivity contribution < 1.29 is 35.1 Å². The van der Waals surface area contributed by atoms with Gasteiger partial charge in [-0.15, -0.1) is 0 Å². The molecule has 3 atom stereocenters. The number of carbonyl (C=O) groups is 2. The number of aliphatic hydroxyl groups is 4. The van der Waals surface area contributed by atoms with E-state index in [1.54, 1.807) is 12.1 Å². The molecule has 0 saturated heterocycles. The van der Waals surface area contributed by atoms with Crippen molar-refractivity contribution in [2.24, 2.45) is 0 Å². The van der Waals surface area contributed by atoms with Crippen LogP contribution in [0, 0.1) is 0 Å². The summed E-state index contributed by atoms with van der Waals surface area (Å²) in [4.78, 5) is 19.9. The molecule has 0 bridgehead atoms. The van der Waals surface area contributed by atoms with Gasteiger partial charge in [0, 0.05) is 0 Å². The molecule has 112 valence electrons. The van der Waals surface area contributed by atoms with Gasteiger partial charge in [-0.2, -0.15) is 0 Å². The number of carboxylic acid groups (broad SMARTS) is 1. The zero-order valence-corrected chi connectivity index (χ0v) is 10.7. The summed E-state index contributed by atoms with van der Waals surface area (Å²) in [5, 5.41) is 42.4. The molecule has 0 radical (unpaired) electrons. The molecule has 7 heteroatoms. The third-order valence-corrected chi connectivity index (χ3v) is 2.27. The Balaban J connectivity index is 0.000000361. The largest absolute Gasteiger partial charge is 0.481 e. The molecule has 5 N–H and O–H groups in total. The lowest BCUT2D eigenvalue weighted by Crippen LogP contribution is -2.40. The molecule has 20 heavy (non-hydrogen) atoms. The van der Waals surface area contributed by atoms with Crippen LogP contribution >= 0.6 is 0 Å². The molecule has 1 aromatic rings. The van der Waals surface area contributed by atoms with Crippen LogP contribution in [0.5, 0.6) is 0 Å². The molecule has 0 aliphatic heterocycles. The lowest BCUT2D eigenvalue weighted by atomic mass is 10.1. The van der Waals surface area contributed by atoms with E-state index in [1.807, 2.05) is 18.2 Å². The van der Waals surface area contributed by atoms with E-state index in [-0.39, 0.29) is 12.7 Å². The highest BCUT2D eigenvalue weighted by Gasteiger charge is 2.22. The monoisotopic (exact) mass is 286 g/mol. The van der Waals surface area contributed by atoms with E-state index in [0.717, 1.165) is 5.56 Å². The minimum absolute atomic E-state index is 0.0869. The number of aliphatic hydroxyl groups excluding tert-OH is 4. The molecule has 0 spiro atoms. The second-order valence-electron chi connectivity index (χ2n) is 3.92. The number of hydrogen-bond acceptors (Lipinski definition) is 6. The SMILES string of the molecule is O=C(O)Cc1ccccc1.O=CC(O)C(O)C(O)CO. The minimum Gasteiger partial charge on any atom is -0.481 e. The van der Waals surface area contributed by atoms with Gasteiger partial charge >= 0.3 is 5.97 Å². The lowest BCUT2D eigenvalue weighted by Gasteiger charge is -2.16. The van der Waals surface area contributed by atoms with Crippen molar-refractivity contribution in [1.82, 2.24) is 0 Å². The number of rotatable bonds is 6. The van der Waals surface area contributed by atoms with Crippen LogP contribution in [-0.4, -0.2) is 62.7 Å². The van der Waals surface area contributed by atoms with Crippen molar-refractivity contribution in [3.05, 3.63) is 35.9 Å². The fraction of sp³-hybridized carbons (Fsp3) is 0.385. The van der Waals surface area contributed by atoms with Crippen molar-refractivity contribution in [2.75, 3.05) is 6.61 Å². The average Bonchev–Trinajstić information content (AvgIpc) is 2.45. The Morgan fingerprint density at radius 1 is 1.15 bits per heavy atom. The molecule has 0 aromatic heterocycles. The van der Waals surface area contributed by atoms with Crippen LogP contribution in [0.15, 0.2) is 30.3 Å². The molecule has 0 aliphatic carbocycles. The Morgan fingerprint density at radius 2 is 1.70 bits per heavy atom. The third kappa shape index (κ3) is 7.59. The maximum atomic E-state index is 10.2. The smallest absolute Gasteiger partial charge is 0.307 e. The van der Waals surface area contributed by atoms with Crippen molar-refractivity contribution in [2.45, 2.75) is 24.7 Å². The number of aliphatic carboxylic acids is 1. The van der Waals surface area contributed by atoms with Crippen molar-refractivity contribution >= 4 is 12.3 Å². The Kier molecular flexibility index (Phi) is 9.14. The van der Waals surface area contributed by atoms with Gasteiger partial charge in [0.25, 0.3) is 0 Å². The second kappa shape index (κ2) is 10.0. The summed E-state index contributed by atoms with van der Waals surface area (Å²) >= 11 is 0. The van der Waals surface area contributed by atoms with Gasteiger partial charge in [-0.25, -0.2) is 0 Å². The van der Waals surface area contributed by atoms with E-state index in [0.29, 0.717) is 0 Å². The van der Waals surface area contributed by atoms with Gasteiger partial charge in [-0.3, -0.25) is 4.79 Å². The molecular weight excluding hydrogens is 268 g/mol. The number of carboxylic acids is 1. The van der Waals surface area contributed by atoms with Crippen LogP contribution in [0.3, 0.4) is 0 Å². The summed E-state index contributed by atoms with van der Waals surface area (Å²) in [6.07, 6.45) is -4.52. The van der Waals surface area contributed by atoms with Gasteiger partial charge in [-0.05, 0) is 5.56 Å². The predicted octanol–water partition coefficient (Wildman–Crippen LogP) is -1.43.